The minimum atomic E-state index is -0.364. The van der Waals surface area contributed by atoms with Gasteiger partial charge in [-0.2, -0.15) is 4.98 Å². The van der Waals surface area contributed by atoms with Crippen LogP contribution in [0.1, 0.15) is 24.4 Å². The third-order valence-corrected chi connectivity index (χ3v) is 4.26. The molecule has 0 aliphatic rings. The molecule has 1 unspecified atom stereocenters. The predicted octanol–water partition coefficient (Wildman–Crippen LogP) is 0.993. The lowest BCUT2D eigenvalue weighted by atomic mass is 10.2. The first-order valence-corrected chi connectivity index (χ1v) is 8.37. The summed E-state index contributed by atoms with van der Waals surface area (Å²) in [6.07, 6.45) is 1.53. The van der Waals surface area contributed by atoms with E-state index in [9.17, 15) is 9.59 Å². The molecule has 0 spiro atoms. The van der Waals surface area contributed by atoms with E-state index in [1.54, 1.807) is 14.2 Å². The standard InChI is InChI=1S/C18H21N5O4/c1-11(19-9-13-10-22(2)18(25)23(3)17(13)24)16-20-15(21-27-16)12-6-5-7-14(8-12)26-4/h5-8,10-11,19H,9H2,1-4H3. The van der Waals surface area contributed by atoms with E-state index in [1.807, 2.05) is 31.2 Å². The van der Waals surface area contributed by atoms with E-state index in [0.29, 0.717) is 23.0 Å². The highest BCUT2D eigenvalue weighted by molar-refractivity contribution is 5.56. The maximum atomic E-state index is 12.2. The van der Waals surface area contributed by atoms with Crippen molar-refractivity contribution in [1.29, 1.82) is 0 Å². The fraction of sp³-hybridized carbons (Fsp3) is 0.333. The number of nitrogens with zero attached hydrogens (tertiary/aromatic N) is 4. The normalized spacial score (nSPS) is 12.1. The number of rotatable bonds is 6. The van der Waals surface area contributed by atoms with Crippen molar-refractivity contribution in [3.05, 3.63) is 62.8 Å². The van der Waals surface area contributed by atoms with Gasteiger partial charge in [0.1, 0.15) is 5.75 Å². The molecule has 2 heterocycles. The molecule has 1 atom stereocenters. The van der Waals surface area contributed by atoms with Crippen molar-refractivity contribution in [3.8, 4) is 17.1 Å². The van der Waals surface area contributed by atoms with E-state index in [-0.39, 0.29) is 23.8 Å². The molecule has 9 nitrogen and oxygen atoms in total. The molecular formula is C18H21N5O4. The minimum absolute atomic E-state index is 0.263. The molecule has 3 rings (SSSR count). The van der Waals surface area contributed by atoms with E-state index in [2.05, 4.69) is 15.5 Å². The molecule has 0 saturated heterocycles. The van der Waals surface area contributed by atoms with E-state index >= 15 is 0 Å². The summed E-state index contributed by atoms with van der Waals surface area (Å²) in [5.41, 5.74) is 0.555. The Hall–Kier alpha value is -3.20. The highest BCUT2D eigenvalue weighted by Crippen LogP contribution is 2.22. The van der Waals surface area contributed by atoms with Gasteiger partial charge in [-0.25, -0.2) is 4.79 Å². The largest absolute Gasteiger partial charge is 0.497 e. The van der Waals surface area contributed by atoms with Crippen LogP contribution in [-0.2, 0) is 20.6 Å². The zero-order chi connectivity index (χ0) is 19.6. The van der Waals surface area contributed by atoms with Crippen molar-refractivity contribution in [2.75, 3.05) is 7.11 Å². The summed E-state index contributed by atoms with van der Waals surface area (Å²) in [4.78, 5) is 28.3. The van der Waals surface area contributed by atoms with Gasteiger partial charge in [-0.15, -0.1) is 0 Å². The fourth-order valence-electron chi connectivity index (χ4n) is 2.65. The van der Waals surface area contributed by atoms with Crippen LogP contribution in [0, 0.1) is 0 Å². The zero-order valence-electron chi connectivity index (χ0n) is 15.6. The lowest BCUT2D eigenvalue weighted by Gasteiger charge is -2.11. The highest BCUT2D eigenvalue weighted by atomic mass is 16.5. The van der Waals surface area contributed by atoms with Crippen molar-refractivity contribution in [3.63, 3.8) is 0 Å². The van der Waals surface area contributed by atoms with Crippen LogP contribution in [0.15, 0.2) is 44.6 Å². The third-order valence-electron chi connectivity index (χ3n) is 4.26. The van der Waals surface area contributed by atoms with Gasteiger partial charge in [-0.05, 0) is 19.1 Å². The maximum Gasteiger partial charge on any atom is 0.330 e. The number of nitrogens with one attached hydrogen (secondary N) is 1. The van der Waals surface area contributed by atoms with Crippen molar-refractivity contribution in [2.24, 2.45) is 14.1 Å². The molecule has 1 aromatic carbocycles. The first-order chi connectivity index (χ1) is 12.9. The van der Waals surface area contributed by atoms with Gasteiger partial charge in [0, 0.05) is 38.0 Å². The smallest absolute Gasteiger partial charge is 0.330 e. The van der Waals surface area contributed by atoms with Crippen molar-refractivity contribution in [1.82, 2.24) is 24.6 Å². The molecular weight excluding hydrogens is 350 g/mol. The molecule has 1 N–H and O–H groups in total. The van der Waals surface area contributed by atoms with Gasteiger partial charge in [0.05, 0.1) is 13.2 Å². The Morgan fingerprint density at radius 1 is 1.30 bits per heavy atom. The molecule has 0 aliphatic carbocycles. The Kier molecular flexibility index (Phi) is 5.22. The summed E-state index contributed by atoms with van der Waals surface area (Å²) in [5, 5.41) is 7.17. The van der Waals surface area contributed by atoms with E-state index in [0.717, 1.165) is 10.1 Å². The second kappa shape index (κ2) is 7.58. The molecule has 27 heavy (non-hydrogen) atoms. The van der Waals surface area contributed by atoms with Crippen molar-refractivity contribution in [2.45, 2.75) is 19.5 Å². The summed E-state index contributed by atoms with van der Waals surface area (Å²) >= 11 is 0. The lowest BCUT2D eigenvalue weighted by molar-refractivity contribution is 0.338. The number of methoxy groups -OCH3 is 1. The average molecular weight is 371 g/mol. The molecule has 0 bridgehead atoms. The molecule has 0 saturated carbocycles. The Morgan fingerprint density at radius 3 is 2.81 bits per heavy atom. The SMILES string of the molecule is COc1cccc(-c2noc(C(C)NCc3cn(C)c(=O)n(C)c3=O)n2)c1. The summed E-state index contributed by atoms with van der Waals surface area (Å²) in [6, 6.07) is 7.09. The molecule has 2 aromatic heterocycles. The number of aromatic nitrogens is 4. The summed E-state index contributed by atoms with van der Waals surface area (Å²) in [5.74, 6) is 1.56. The summed E-state index contributed by atoms with van der Waals surface area (Å²) in [6.45, 7) is 2.12. The Labute approximate surface area is 155 Å². The van der Waals surface area contributed by atoms with E-state index in [1.165, 1.54) is 17.8 Å². The highest BCUT2D eigenvalue weighted by Gasteiger charge is 2.16. The van der Waals surface area contributed by atoms with Crippen LogP contribution < -0.4 is 21.3 Å². The molecule has 0 radical (unpaired) electrons. The van der Waals surface area contributed by atoms with Crippen molar-refractivity contribution < 1.29 is 9.26 Å². The monoisotopic (exact) mass is 371 g/mol. The first kappa shape index (κ1) is 18.6. The Bertz CT molecular complexity index is 1070. The number of aryl methyl sites for hydroxylation is 1. The second-order valence-corrected chi connectivity index (χ2v) is 6.20. The van der Waals surface area contributed by atoms with E-state index < -0.39 is 0 Å². The molecule has 3 aromatic rings. The van der Waals surface area contributed by atoms with Gasteiger partial charge >= 0.3 is 5.69 Å². The van der Waals surface area contributed by atoms with Crippen LogP contribution in [0.4, 0.5) is 0 Å². The van der Waals surface area contributed by atoms with Gasteiger partial charge in [0.25, 0.3) is 5.56 Å². The van der Waals surface area contributed by atoms with Gasteiger partial charge < -0.3 is 19.1 Å². The zero-order valence-corrected chi connectivity index (χ0v) is 15.6. The van der Waals surface area contributed by atoms with Crippen LogP contribution in [0.3, 0.4) is 0 Å². The topological polar surface area (TPSA) is 104 Å². The average Bonchev–Trinajstić information content (AvgIpc) is 3.18. The lowest BCUT2D eigenvalue weighted by Crippen LogP contribution is -2.39. The van der Waals surface area contributed by atoms with Crippen LogP contribution in [0.5, 0.6) is 5.75 Å². The quantitative estimate of drug-likeness (QED) is 0.689. The molecule has 0 amide bonds. The fourth-order valence-corrected chi connectivity index (χ4v) is 2.65. The van der Waals surface area contributed by atoms with Gasteiger partial charge in [-0.3, -0.25) is 9.36 Å². The molecule has 0 fully saturated rings. The van der Waals surface area contributed by atoms with E-state index in [4.69, 9.17) is 9.26 Å². The molecule has 0 aliphatic heterocycles. The van der Waals surface area contributed by atoms with Crippen molar-refractivity contribution >= 4 is 0 Å². The van der Waals surface area contributed by atoms with Gasteiger partial charge in [0.15, 0.2) is 0 Å². The van der Waals surface area contributed by atoms with Gasteiger partial charge in [-0.1, -0.05) is 17.3 Å². The van der Waals surface area contributed by atoms with Crippen LogP contribution in [0.25, 0.3) is 11.4 Å². The summed E-state index contributed by atoms with van der Waals surface area (Å²) in [7, 11) is 4.65. The Morgan fingerprint density at radius 2 is 2.07 bits per heavy atom. The second-order valence-electron chi connectivity index (χ2n) is 6.20. The van der Waals surface area contributed by atoms with Crippen LogP contribution in [0.2, 0.25) is 0 Å². The number of ether oxygens (including phenoxy) is 1. The first-order valence-electron chi connectivity index (χ1n) is 8.37. The maximum absolute atomic E-state index is 12.2. The van der Waals surface area contributed by atoms with Gasteiger partial charge in [0.2, 0.25) is 11.7 Å². The third kappa shape index (κ3) is 3.82. The summed E-state index contributed by atoms with van der Waals surface area (Å²) < 4.78 is 13.0. The number of benzene rings is 1. The number of hydrogen-bond donors (Lipinski definition) is 1. The Balaban J connectivity index is 1.74. The predicted molar refractivity (Wildman–Crippen MR) is 98.5 cm³/mol. The van der Waals surface area contributed by atoms with Crippen LogP contribution in [-0.4, -0.2) is 26.4 Å². The molecule has 9 heteroatoms. The molecule has 142 valence electrons. The number of hydrogen-bond acceptors (Lipinski definition) is 7. The minimum Gasteiger partial charge on any atom is -0.497 e. The van der Waals surface area contributed by atoms with Crippen LogP contribution >= 0.6 is 0 Å².